The van der Waals surface area contributed by atoms with Crippen LogP contribution in [0.2, 0.25) is 0 Å². The summed E-state index contributed by atoms with van der Waals surface area (Å²) in [6.45, 7) is 0. The van der Waals surface area contributed by atoms with Gasteiger partial charge in [-0.1, -0.05) is 6.07 Å². The first kappa shape index (κ1) is 12.6. The van der Waals surface area contributed by atoms with E-state index < -0.39 is 0 Å². The standard InChI is InChI=1S/C14H12N4O/c1-18-13(7-8-16-18)5-6-14(19)17-12-4-2-3-11(9-12)10-15/h2-9H,1H3,(H,17,19)/b6-5+. The Kier molecular flexibility index (Phi) is 3.74. The Morgan fingerprint density at radius 2 is 2.32 bits per heavy atom. The van der Waals surface area contributed by atoms with Gasteiger partial charge < -0.3 is 5.32 Å². The SMILES string of the molecule is Cn1nccc1/C=C/C(=O)Nc1cccc(C#N)c1. The van der Waals surface area contributed by atoms with E-state index in [0.717, 1.165) is 5.69 Å². The second-order valence-electron chi connectivity index (χ2n) is 3.89. The molecule has 94 valence electrons. The lowest BCUT2D eigenvalue weighted by molar-refractivity contribution is -0.111. The van der Waals surface area contributed by atoms with Crippen LogP contribution in [-0.4, -0.2) is 15.7 Å². The molecular weight excluding hydrogens is 240 g/mol. The minimum absolute atomic E-state index is 0.253. The molecule has 2 rings (SSSR count). The number of amides is 1. The van der Waals surface area contributed by atoms with Gasteiger partial charge in [-0.05, 0) is 30.3 Å². The van der Waals surface area contributed by atoms with Crippen molar-refractivity contribution in [2.24, 2.45) is 7.05 Å². The van der Waals surface area contributed by atoms with E-state index in [1.807, 2.05) is 6.07 Å². The molecule has 1 heterocycles. The molecule has 1 aromatic carbocycles. The minimum Gasteiger partial charge on any atom is -0.322 e. The molecule has 2 aromatic rings. The summed E-state index contributed by atoms with van der Waals surface area (Å²) in [5.74, 6) is -0.253. The average molecular weight is 252 g/mol. The van der Waals surface area contributed by atoms with E-state index in [0.29, 0.717) is 11.3 Å². The predicted molar refractivity (Wildman–Crippen MR) is 72.0 cm³/mol. The van der Waals surface area contributed by atoms with E-state index in [1.54, 1.807) is 54.3 Å². The summed E-state index contributed by atoms with van der Waals surface area (Å²) in [7, 11) is 1.80. The first-order valence-electron chi connectivity index (χ1n) is 5.66. The zero-order chi connectivity index (χ0) is 13.7. The lowest BCUT2D eigenvalue weighted by Crippen LogP contribution is -2.08. The number of anilines is 1. The number of nitrogens with zero attached hydrogens (tertiary/aromatic N) is 3. The number of aryl methyl sites for hydroxylation is 1. The van der Waals surface area contributed by atoms with Crippen LogP contribution < -0.4 is 5.32 Å². The first-order valence-corrected chi connectivity index (χ1v) is 5.66. The van der Waals surface area contributed by atoms with Gasteiger partial charge in [0.25, 0.3) is 0 Å². The van der Waals surface area contributed by atoms with Crippen LogP contribution in [0.15, 0.2) is 42.6 Å². The normalized spacial score (nSPS) is 10.3. The monoisotopic (exact) mass is 252 g/mol. The van der Waals surface area contributed by atoms with Crippen LogP contribution in [-0.2, 0) is 11.8 Å². The maximum atomic E-state index is 11.7. The molecule has 5 nitrogen and oxygen atoms in total. The summed E-state index contributed by atoms with van der Waals surface area (Å²) < 4.78 is 1.67. The van der Waals surface area contributed by atoms with E-state index in [4.69, 9.17) is 5.26 Å². The third kappa shape index (κ3) is 3.30. The van der Waals surface area contributed by atoms with Gasteiger partial charge in [0.1, 0.15) is 0 Å². The summed E-state index contributed by atoms with van der Waals surface area (Å²) in [5.41, 5.74) is 1.94. The number of carbonyl (C=O) groups excluding carboxylic acids is 1. The molecule has 19 heavy (non-hydrogen) atoms. The van der Waals surface area contributed by atoms with Gasteiger partial charge in [0.2, 0.25) is 5.91 Å². The van der Waals surface area contributed by atoms with Gasteiger partial charge in [0.05, 0.1) is 17.3 Å². The van der Waals surface area contributed by atoms with E-state index in [2.05, 4.69) is 10.4 Å². The highest BCUT2D eigenvalue weighted by Crippen LogP contribution is 2.10. The van der Waals surface area contributed by atoms with Crippen molar-refractivity contribution in [1.29, 1.82) is 5.26 Å². The fourth-order valence-electron chi connectivity index (χ4n) is 1.56. The highest BCUT2D eigenvalue weighted by molar-refractivity contribution is 6.01. The van der Waals surface area contributed by atoms with Crippen LogP contribution in [0.3, 0.4) is 0 Å². The fourth-order valence-corrected chi connectivity index (χ4v) is 1.56. The lowest BCUT2D eigenvalue weighted by Gasteiger charge is -2.01. The van der Waals surface area contributed by atoms with Crippen LogP contribution in [0.25, 0.3) is 6.08 Å². The third-order valence-corrected chi connectivity index (χ3v) is 2.52. The summed E-state index contributed by atoms with van der Waals surface area (Å²) in [6.07, 6.45) is 4.76. The molecule has 0 saturated heterocycles. The molecule has 0 aliphatic rings. The van der Waals surface area contributed by atoms with Gasteiger partial charge in [-0.2, -0.15) is 10.4 Å². The highest BCUT2D eigenvalue weighted by atomic mass is 16.1. The Balaban J connectivity index is 2.04. The quantitative estimate of drug-likeness (QED) is 0.848. The topological polar surface area (TPSA) is 70.7 Å². The summed E-state index contributed by atoms with van der Waals surface area (Å²) in [4.78, 5) is 11.7. The Morgan fingerprint density at radius 3 is 3.00 bits per heavy atom. The molecule has 1 amide bonds. The average Bonchev–Trinajstić information content (AvgIpc) is 2.82. The van der Waals surface area contributed by atoms with Crippen molar-refractivity contribution in [2.75, 3.05) is 5.32 Å². The lowest BCUT2D eigenvalue weighted by atomic mass is 10.2. The Hall–Kier alpha value is -2.87. The maximum absolute atomic E-state index is 11.7. The van der Waals surface area contributed by atoms with E-state index >= 15 is 0 Å². The van der Waals surface area contributed by atoms with E-state index in [9.17, 15) is 4.79 Å². The highest BCUT2D eigenvalue weighted by Gasteiger charge is 2.00. The molecule has 0 aliphatic carbocycles. The van der Waals surface area contributed by atoms with E-state index in [-0.39, 0.29) is 5.91 Å². The number of aromatic nitrogens is 2. The second-order valence-corrected chi connectivity index (χ2v) is 3.89. The van der Waals surface area contributed by atoms with Gasteiger partial charge >= 0.3 is 0 Å². The van der Waals surface area contributed by atoms with Crippen LogP contribution in [0.1, 0.15) is 11.3 Å². The van der Waals surface area contributed by atoms with Crippen LogP contribution in [0, 0.1) is 11.3 Å². The van der Waals surface area contributed by atoms with Crippen molar-refractivity contribution in [3.63, 3.8) is 0 Å². The molecule has 0 aliphatic heterocycles. The van der Waals surface area contributed by atoms with Crippen molar-refractivity contribution < 1.29 is 4.79 Å². The van der Waals surface area contributed by atoms with Gasteiger partial charge in [0, 0.05) is 25.0 Å². The molecule has 0 fully saturated rings. The maximum Gasteiger partial charge on any atom is 0.248 e. The number of nitrogens with one attached hydrogen (secondary N) is 1. The first-order chi connectivity index (χ1) is 9.19. The number of rotatable bonds is 3. The van der Waals surface area contributed by atoms with Crippen molar-refractivity contribution in [3.8, 4) is 6.07 Å². The van der Waals surface area contributed by atoms with Gasteiger partial charge in [0.15, 0.2) is 0 Å². The van der Waals surface area contributed by atoms with Crippen molar-refractivity contribution in [2.45, 2.75) is 0 Å². The van der Waals surface area contributed by atoms with E-state index in [1.165, 1.54) is 6.08 Å². The largest absolute Gasteiger partial charge is 0.322 e. The molecular formula is C14H12N4O. The number of hydrogen-bond acceptors (Lipinski definition) is 3. The molecule has 0 atom stereocenters. The molecule has 0 unspecified atom stereocenters. The Bertz CT molecular complexity index is 664. The molecule has 0 spiro atoms. The Labute approximate surface area is 110 Å². The van der Waals surface area contributed by atoms with Gasteiger partial charge in [-0.3, -0.25) is 9.48 Å². The molecule has 1 aromatic heterocycles. The number of benzene rings is 1. The molecule has 5 heteroatoms. The minimum atomic E-state index is -0.253. The number of hydrogen-bond donors (Lipinski definition) is 1. The van der Waals surface area contributed by atoms with Crippen LogP contribution >= 0.6 is 0 Å². The number of carbonyl (C=O) groups is 1. The van der Waals surface area contributed by atoms with Crippen LogP contribution in [0.4, 0.5) is 5.69 Å². The zero-order valence-electron chi connectivity index (χ0n) is 10.4. The zero-order valence-corrected chi connectivity index (χ0v) is 10.4. The van der Waals surface area contributed by atoms with Gasteiger partial charge in [-0.25, -0.2) is 0 Å². The van der Waals surface area contributed by atoms with Crippen molar-refractivity contribution in [1.82, 2.24) is 9.78 Å². The van der Waals surface area contributed by atoms with Crippen molar-refractivity contribution in [3.05, 3.63) is 53.9 Å². The van der Waals surface area contributed by atoms with Crippen LogP contribution in [0.5, 0.6) is 0 Å². The summed E-state index contributed by atoms with van der Waals surface area (Å²) in [5, 5.41) is 15.5. The molecule has 0 saturated carbocycles. The third-order valence-electron chi connectivity index (χ3n) is 2.52. The second kappa shape index (κ2) is 5.65. The Morgan fingerprint density at radius 1 is 1.47 bits per heavy atom. The number of nitriles is 1. The summed E-state index contributed by atoms with van der Waals surface area (Å²) in [6, 6.07) is 10.6. The molecule has 0 radical (unpaired) electrons. The molecule has 0 bridgehead atoms. The summed E-state index contributed by atoms with van der Waals surface area (Å²) >= 11 is 0. The molecule has 1 N–H and O–H groups in total. The van der Waals surface area contributed by atoms with Gasteiger partial charge in [-0.15, -0.1) is 0 Å². The van der Waals surface area contributed by atoms with Crippen molar-refractivity contribution >= 4 is 17.7 Å². The predicted octanol–water partition coefficient (Wildman–Crippen LogP) is 1.94. The fraction of sp³-hybridized carbons (Fsp3) is 0.0714. The smallest absolute Gasteiger partial charge is 0.248 e.